The van der Waals surface area contributed by atoms with Crippen molar-refractivity contribution >= 4 is 29.2 Å². The van der Waals surface area contributed by atoms with Crippen LogP contribution < -0.4 is 10.1 Å². The SMILES string of the molecule is CNC.COc1c(C=O)csc1Cl. The number of rotatable bonds is 2. The minimum Gasteiger partial charge on any atom is -0.494 e. The second-order valence-corrected chi connectivity index (χ2v) is 3.60. The molecule has 0 saturated heterocycles. The highest BCUT2D eigenvalue weighted by atomic mass is 35.5. The summed E-state index contributed by atoms with van der Waals surface area (Å²) in [5.41, 5.74) is 0.512. The van der Waals surface area contributed by atoms with Crippen LogP contribution in [0.2, 0.25) is 4.34 Å². The summed E-state index contributed by atoms with van der Waals surface area (Å²) in [6.45, 7) is 0. The van der Waals surface area contributed by atoms with Crippen LogP contribution in [0.4, 0.5) is 0 Å². The average Bonchev–Trinajstić information content (AvgIpc) is 2.47. The second kappa shape index (κ2) is 6.88. The largest absolute Gasteiger partial charge is 0.494 e. The van der Waals surface area contributed by atoms with Crippen molar-refractivity contribution in [1.29, 1.82) is 0 Å². The number of halogens is 1. The first-order valence-electron chi connectivity index (χ1n) is 3.55. The van der Waals surface area contributed by atoms with Crippen molar-refractivity contribution in [3.05, 3.63) is 15.3 Å². The number of carbonyl (C=O) groups is 1. The molecule has 0 aliphatic rings. The van der Waals surface area contributed by atoms with Crippen LogP contribution in [0.25, 0.3) is 0 Å². The second-order valence-electron chi connectivity index (χ2n) is 2.12. The van der Waals surface area contributed by atoms with Crippen LogP contribution in [0.1, 0.15) is 10.4 Å². The predicted octanol–water partition coefficient (Wildman–Crippen LogP) is 2.06. The topological polar surface area (TPSA) is 38.3 Å². The molecule has 0 saturated carbocycles. The summed E-state index contributed by atoms with van der Waals surface area (Å²) < 4.78 is 5.37. The molecule has 3 nitrogen and oxygen atoms in total. The molecule has 1 aromatic heterocycles. The van der Waals surface area contributed by atoms with Crippen LogP contribution in [-0.2, 0) is 0 Å². The van der Waals surface area contributed by atoms with Crippen LogP contribution >= 0.6 is 22.9 Å². The highest BCUT2D eigenvalue weighted by Gasteiger charge is 2.08. The quantitative estimate of drug-likeness (QED) is 0.777. The van der Waals surface area contributed by atoms with Crippen molar-refractivity contribution < 1.29 is 9.53 Å². The third-order valence-electron chi connectivity index (χ3n) is 1.06. The van der Waals surface area contributed by atoms with Crippen LogP contribution in [0, 0.1) is 0 Å². The third kappa shape index (κ3) is 3.76. The van der Waals surface area contributed by atoms with Crippen molar-refractivity contribution in [2.45, 2.75) is 0 Å². The van der Waals surface area contributed by atoms with E-state index in [0.29, 0.717) is 15.6 Å². The highest BCUT2D eigenvalue weighted by molar-refractivity contribution is 7.15. The van der Waals surface area contributed by atoms with Gasteiger partial charge in [-0.2, -0.15) is 0 Å². The summed E-state index contributed by atoms with van der Waals surface area (Å²) >= 11 is 6.95. The zero-order valence-electron chi connectivity index (χ0n) is 7.76. The molecule has 1 N–H and O–H groups in total. The number of carbonyl (C=O) groups excluding carboxylic acids is 1. The van der Waals surface area contributed by atoms with Gasteiger partial charge in [0, 0.05) is 5.38 Å². The van der Waals surface area contributed by atoms with E-state index >= 15 is 0 Å². The van der Waals surface area contributed by atoms with Gasteiger partial charge in [0.1, 0.15) is 4.34 Å². The smallest absolute Gasteiger partial charge is 0.158 e. The Morgan fingerprint density at radius 3 is 2.46 bits per heavy atom. The fraction of sp³-hybridized carbons (Fsp3) is 0.375. The van der Waals surface area contributed by atoms with Crippen molar-refractivity contribution in [3.8, 4) is 5.75 Å². The molecule has 1 aromatic rings. The monoisotopic (exact) mass is 221 g/mol. The lowest BCUT2D eigenvalue weighted by Gasteiger charge is -1.95. The normalized spacial score (nSPS) is 8.62. The first-order valence-corrected chi connectivity index (χ1v) is 4.81. The fourth-order valence-electron chi connectivity index (χ4n) is 0.615. The Bertz CT molecular complexity index is 263. The molecule has 0 spiro atoms. The van der Waals surface area contributed by atoms with Crippen LogP contribution in [0.5, 0.6) is 5.75 Å². The Labute approximate surface area is 86.7 Å². The molecule has 0 unspecified atom stereocenters. The maximum atomic E-state index is 10.3. The summed E-state index contributed by atoms with van der Waals surface area (Å²) in [6.07, 6.45) is 0.723. The van der Waals surface area contributed by atoms with E-state index in [0.717, 1.165) is 6.29 Å². The zero-order valence-corrected chi connectivity index (χ0v) is 9.33. The Hall–Kier alpha value is -0.580. The van der Waals surface area contributed by atoms with Gasteiger partial charge in [0.25, 0.3) is 0 Å². The van der Waals surface area contributed by atoms with Gasteiger partial charge in [-0.3, -0.25) is 4.79 Å². The minimum atomic E-state index is 0.474. The van der Waals surface area contributed by atoms with E-state index in [1.165, 1.54) is 18.4 Å². The van der Waals surface area contributed by atoms with Crippen molar-refractivity contribution in [2.75, 3.05) is 21.2 Å². The number of hydrogen-bond donors (Lipinski definition) is 1. The van der Waals surface area contributed by atoms with Crippen molar-refractivity contribution in [3.63, 3.8) is 0 Å². The lowest BCUT2D eigenvalue weighted by Crippen LogP contribution is -1.89. The maximum Gasteiger partial charge on any atom is 0.158 e. The van der Waals surface area contributed by atoms with Gasteiger partial charge >= 0.3 is 0 Å². The number of methoxy groups -OCH3 is 1. The van der Waals surface area contributed by atoms with Crippen LogP contribution in [0.15, 0.2) is 5.38 Å². The van der Waals surface area contributed by atoms with Gasteiger partial charge in [0.2, 0.25) is 0 Å². The molecule has 0 fully saturated rings. The average molecular weight is 222 g/mol. The summed E-state index contributed by atoms with van der Waals surface area (Å²) in [7, 11) is 5.24. The van der Waals surface area contributed by atoms with Crippen molar-refractivity contribution in [2.24, 2.45) is 0 Å². The molecule has 0 amide bonds. The first kappa shape index (κ1) is 12.4. The van der Waals surface area contributed by atoms with Gasteiger partial charge in [0.15, 0.2) is 12.0 Å². The molecule has 0 aliphatic heterocycles. The summed E-state index contributed by atoms with van der Waals surface area (Å²) in [5, 5.41) is 4.41. The number of hydrogen-bond acceptors (Lipinski definition) is 4. The lowest BCUT2D eigenvalue weighted by molar-refractivity contribution is 0.112. The van der Waals surface area contributed by atoms with E-state index in [4.69, 9.17) is 16.3 Å². The fourth-order valence-corrected chi connectivity index (χ4v) is 1.64. The zero-order chi connectivity index (χ0) is 10.3. The van der Waals surface area contributed by atoms with Gasteiger partial charge in [-0.15, -0.1) is 11.3 Å². The Morgan fingerprint density at radius 1 is 1.62 bits per heavy atom. The molecule has 0 aliphatic carbocycles. The molecular weight excluding hydrogens is 210 g/mol. The minimum absolute atomic E-state index is 0.474. The van der Waals surface area contributed by atoms with E-state index in [1.54, 1.807) is 5.38 Å². The standard InChI is InChI=1S/C6H5ClO2S.C2H7N/c1-9-5-4(2-8)3-10-6(5)7;1-3-2/h2-3H,1H3;3H,1-2H3. The predicted molar refractivity (Wildman–Crippen MR) is 56.3 cm³/mol. The molecular formula is C8H12ClNO2S. The number of aldehydes is 1. The van der Waals surface area contributed by atoms with E-state index < -0.39 is 0 Å². The molecule has 1 heterocycles. The first-order chi connectivity index (χ1) is 6.21. The van der Waals surface area contributed by atoms with Crippen molar-refractivity contribution in [1.82, 2.24) is 5.32 Å². The lowest BCUT2D eigenvalue weighted by atomic mass is 10.3. The van der Waals surface area contributed by atoms with E-state index in [9.17, 15) is 4.79 Å². The molecule has 0 aromatic carbocycles. The maximum absolute atomic E-state index is 10.3. The van der Waals surface area contributed by atoms with Gasteiger partial charge in [-0.05, 0) is 14.1 Å². The van der Waals surface area contributed by atoms with E-state index in [1.807, 2.05) is 14.1 Å². The van der Waals surface area contributed by atoms with Gasteiger partial charge in [-0.1, -0.05) is 11.6 Å². The van der Waals surface area contributed by atoms with Gasteiger partial charge in [-0.25, -0.2) is 0 Å². The Balaban J connectivity index is 0.000000424. The molecule has 0 bridgehead atoms. The summed E-state index contributed by atoms with van der Waals surface area (Å²) in [6, 6.07) is 0. The van der Waals surface area contributed by atoms with Gasteiger partial charge < -0.3 is 10.1 Å². The Kier molecular flexibility index (Phi) is 6.58. The summed E-state index contributed by atoms with van der Waals surface area (Å²) in [5.74, 6) is 0.474. The molecule has 0 radical (unpaired) electrons. The van der Waals surface area contributed by atoms with Crippen LogP contribution in [0.3, 0.4) is 0 Å². The number of thiophene rings is 1. The van der Waals surface area contributed by atoms with E-state index in [2.05, 4.69) is 5.32 Å². The number of nitrogens with one attached hydrogen (secondary N) is 1. The Morgan fingerprint density at radius 2 is 2.15 bits per heavy atom. The summed E-state index contributed by atoms with van der Waals surface area (Å²) in [4.78, 5) is 10.3. The third-order valence-corrected chi connectivity index (χ3v) is 2.26. The number of ether oxygens (including phenoxy) is 1. The molecule has 74 valence electrons. The molecule has 5 heteroatoms. The molecule has 13 heavy (non-hydrogen) atoms. The molecule has 0 atom stereocenters. The highest BCUT2D eigenvalue weighted by Crippen LogP contribution is 2.33. The van der Waals surface area contributed by atoms with Gasteiger partial charge in [0.05, 0.1) is 12.7 Å². The van der Waals surface area contributed by atoms with E-state index in [-0.39, 0.29) is 0 Å². The van der Waals surface area contributed by atoms with Crippen LogP contribution in [-0.4, -0.2) is 27.5 Å². The molecule has 1 rings (SSSR count).